The van der Waals surface area contributed by atoms with Crippen molar-refractivity contribution >= 4 is 5.91 Å². The summed E-state index contributed by atoms with van der Waals surface area (Å²) >= 11 is 0. The van der Waals surface area contributed by atoms with Crippen LogP contribution in [0.2, 0.25) is 0 Å². The minimum atomic E-state index is -0.550. The van der Waals surface area contributed by atoms with E-state index in [4.69, 9.17) is 9.47 Å². The fraction of sp³-hybridized carbons (Fsp3) is 0.435. The molecule has 1 saturated heterocycles. The Morgan fingerprint density at radius 3 is 2.45 bits per heavy atom. The Kier molecular flexibility index (Phi) is 6.02. The third kappa shape index (κ3) is 4.54. The van der Waals surface area contributed by atoms with E-state index in [1.54, 1.807) is 7.11 Å². The van der Waals surface area contributed by atoms with Crippen LogP contribution < -0.4 is 9.47 Å². The summed E-state index contributed by atoms with van der Waals surface area (Å²) < 4.78 is 10.8. The Balaban J connectivity index is 1.21. The van der Waals surface area contributed by atoms with Gasteiger partial charge in [-0.05, 0) is 48.7 Å². The fourth-order valence-electron chi connectivity index (χ4n) is 4.20. The number of fused-ring (bicyclic) bond motifs is 1. The number of likely N-dealkylation sites (tertiary alicyclic amines) is 1. The normalized spacial score (nSPS) is 18.6. The van der Waals surface area contributed by atoms with Crippen LogP contribution in [0.1, 0.15) is 28.8 Å². The second-order valence-electron chi connectivity index (χ2n) is 7.76. The van der Waals surface area contributed by atoms with Crippen LogP contribution in [-0.4, -0.2) is 66.3 Å². The first-order chi connectivity index (χ1) is 14.1. The molecule has 1 N–H and O–H groups in total. The van der Waals surface area contributed by atoms with Crippen molar-refractivity contribution in [1.82, 2.24) is 9.80 Å². The molecule has 2 aliphatic heterocycles. The summed E-state index contributed by atoms with van der Waals surface area (Å²) in [7, 11) is 1.63. The lowest BCUT2D eigenvalue weighted by atomic mass is 10.0. The van der Waals surface area contributed by atoms with Crippen LogP contribution in [0.25, 0.3) is 0 Å². The van der Waals surface area contributed by atoms with E-state index in [-0.39, 0.29) is 18.6 Å². The molecule has 1 fully saturated rings. The molecule has 6 nitrogen and oxygen atoms in total. The van der Waals surface area contributed by atoms with Gasteiger partial charge in [-0.3, -0.25) is 4.79 Å². The van der Waals surface area contributed by atoms with Crippen molar-refractivity contribution in [2.45, 2.75) is 31.5 Å². The van der Waals surface area contributed by atoms with Gasteiger partial charge in [0.25, 0.3) is 5.91 Å². The van der Waals surface area contributed by atoms with Crippen LogP contribution in [0, 0.1) is 0 Å². The number of benzene rings is 2. The molecular formula is C23H28N2O4. The molecule has 154 valence electrons. The average molecular weight is 396 g/mol. The Hall–Kier alpha value is -2.57. The van der Waals surface area contributed by atoms with Gasteiger partial charge in [-0.25, -0.2) is 0 Å². The summed E-state index contributed by atoms with van der Waals surface area (Å²) in [6.45, 7) is 3.32. The number of nitrogens with zero attached hydrogens (tertiary/aromatic N) is 2. The number of ether oxygens (including phenoxy) is 2. The van der Waals surface area contributed by atoms with Gasteiger partial charge in [-0.2, -0.15) is 0 Å². The van der Waals surface area contributed by atoms with Crippen LogP contribution in [0.3, 0.4) is 0 Å². The smallest absolute Gasteiger partial charge is 0.254 e. The molecule has 29 heavy (non-hydrogen) atoms. The third-order valence-corrected chi connectivity index (χ3v) is 5.82. The molecule has 0 aliphatic carbocycles. The lowest BCUT2D eigenvalue weighted by Gasteiger charge is -2.37. The monoisotopic (exact) mass is 396 g/mol. The van der Waals surface area contributed by atoms with Crippen molar-refractivity contribution < 1.29 is 19.4 Å². The van der Waals surface area contributed by atoms with E-state index in [1.807, 2.05) is 53.4 Å². The third-order valence-electron chi connectivity index (χ3n) is 5.82. The zero-order valence-electron chi connectivity index (χ0n) is 16.8. The van der Waals surface area contributed by atoms with Crippen LogP contribution >= 0.6 is 0 Å². The molecule has 2 aliphatic rings. The summed E-state index contributed by atoms with van der Waals surface area (Å²) in [6.07, 6.45) is 1.32. The number of hydrogen-bond acceptors (Lipinski definition) is 5. The highest BCUT2D eigenvalue weighted by Gasteiger charge is 2.34. The SMILES string of the molecule is COc1ccc(OCC(O)CN2CCC(N3Cc4ccccc4C3=O)CC2)cc1. The van der Waals surface area contributed by atoms with Crippen molar-refractivity contribution in [3.05, 3.63) is 59.7 Å². The van der Waals surface area contributed by atoms with Crippen molar-refractivity contribution in [1.29, 1.82) is 0 Å². The van der Waals surface area contributed by atoms with Crippen molar-refractivity contribution in [3.63, 3.8) is 0 Å². The largest absolute Gasteiger partial charge is 0.497 e. The van der Waals surface area contributed by atoms with Gasteiger partial charge in [0.1, 0.15) is 24.2 Å². The fourth-order valence-corrected chi connectivity index (χ4v) is 4.20. The number of β-amino-alcohol motifs (C(OH)–C–C–N with tert-alkyl or cyclic N) is 1. The quantitative estimate of drug-likeness (QED) is 0.779. The first-order valence-corrected chi connectivity index (χ1v) is 10.2. The lowest BCUT2D eigenvalue weighted by molar-refractivity contribution is 0.0395. The predicted octanol–water partition coefficient (Wildman–Crippen LogP) is 2.56. The molecule has 0 saturated carbocycles. The van der Waals surface area contributed by atoms with Gasteiger partial charge in [0.05, 0.1) is 7.11 Å². The Bertz CT molecular complexity index is 831. The molecule has 2 aromatic rings. The van der Waals surface area contributed by atoms with E-state index in [9.17, 15) is 9.90 Å². The molecule has 1 amide bonds. The van der Waals surface area contributed by atoms with Crippen molar-refractivity contribution in [2.24, 2.45) is 0 Å². The molecule has 0 spiro atoms. The lowest BCUT2D eigenvalue weighted by Crippen LogP contribution is -2.47. The zero-order valence-corrected chi connectivity index (χ0v) is 16.8. The predicted molar refractivity (Wildman–Crippen MR) is 110 cm³/mol. The standard InChI is InChI=1S/C23H28N2O4/c1-28-20-6-8-21(9-7-20)29-16-19(26)15-24-12-10-18(11-13-24)25-14-17-4-2-3-5-22(17)23(25)27/h2-9,18-19,26H,10-16H2,1H3. The maximum Gasteiger partial charge on any atom is 0.254 e. The number of hydrogen-bond donors (Lipinski definition) is 1. The number of methoxy groups -OCH3 is 1. The molecule has 0 radical (unpaired) electrons. The molecular weight excluding hydrogens is 368 g/mol. The maximum absolute atomic E-state index is 12.7. The number of amides is 1. The van der Waals surface area contributed by atoms with Gasteiger partial charge in [0, 0.05) is 37.8 Å². The topological polar surface area (TPSA) is 62.2 Å². The molecule has 4 rings (SSSR count). The second-order valence-corrected chi connectivity index (χ2v) is 7.76. The maximum atomic E-state index is 12.7. The van der Waals surface area contributed by atoms with Crippen molar-refractivity contribution in [3.8, 4) is 11.5 Å². The van der Waals surface area contributed by atoms with E-state index in [0.717, 1.165) is 55.1 Å². The molecule has 1 atom stereocenters. The Labute approximate surface area is 171 Å². The van der Waals surface area contributed by atoms with Gasteiger partial charge >= 0.3 is 0 Å². The second kappa shape index (κ2) is 8.84. The molecule has 2 aromatic carbocycles. The minimum Gasteiger partial charge on any atom is -0.497 e. The Morgan fingerprint density at radius 2 is 1.76 bits per heavy atom. The summed E-state index contributed by atoms with van der Waals surface area (Å²) in [5.41, 5.74) is 1.98. The van der Waals surface area contributed by atoms with E-state index >= 15 is 0 Å². The summed E-state index contributed by atoms with van der Waals surface area (Å²) in [5.74, 6) is 1.66. The summed E-state index contributed by atoms with van der Waals surface area (Å²) in [4.78, 5) is 16.9. The highest BCUT2D eigenvalue weighted by atomic mass is 16.5. The molecule has 2 heterocycles. The van der Waals surface area contributed by atoms with Gasteiger partial charge < -0.3 is 24.4 Å². The van der Waals surface area contributed by atoms with E-state index in [1.165, 1.54) is 0 Å². The van der Waals surface area contributed by atoms with Gasteiger partial charge in [0.15, 0.2) is 0 Å². The highest BCUT2D eigenvalue weighted by molar-refractivity contribution is 5.98. The van der Waals surface area contributed by atoms with Gasteiger partial charge in [-0.1, -0.05) is 18.2 Å². The number of rotatable bonds is 7. The van der Waals surface area contributed by atoms with Crippen LogP contribution in [0.4, 0.5) is 0 Å². The van der Waals surface area contributed by atoms with E-state index in [2.05, 4.69) is 4.90 Å². The van der Waals surface area contributed by atoms with Gasteiger partial charge in [0.2, 0.25) is 0 Å². The first-order valence-electron chi connectivity index (χ1n) is 10.2. The summed E-state index contributed by atoms with van der Waals surface area (Å²) in [5, 5.41) is 10.3. The number of piperidine rings is 1. The van der Waals surface area contributed by atoms with Crippen LogP contribution in [0.15, 0.2) is 48.5 Å². The highest BCUT2D eigenvalue weighted by Crippen LogP contribution is 2.28. The molecule has 1 unspecified atom stereocenters. The minimum absolute atomic E-state index is 0.159. The molecule has 0 bridgehead atoms. The number of carbonyl (C=O) groups is 1. The zero-order chi connectivity index (χ0) is 20.2. The number of aliphatic hydroxyl groups is 1. The van der Waals surface area contributed by atoms with E-state index < -0.39 is 6.10 Å². The number of carbonyl (C=O) groups excluding carboxylic acids is 1. The Morgan fingerprint density at radius 1 is 1.07 bits per heavy atom. The van der Waals surface area contributed by atoms with Crippen LogP contribution in [0.5, 0.6) is 11.5 Å². The van der Waals surface area contributed by atoms with E-state index in [0.29, 0.717) is 6.54 Å². The summed E-state index contributed by atoms with van der Waals surface area (Å²) in [6, 6.07) is 15.5. The number of aliphatic hydroxyl groups excluding tert-OH is 1. The molecule has 6 heteroatoms. The van der Waals surface area contributed by atoms with Crippen LogP contribution in [-0.2, 0) is 6.54 Å². The van der Waals surface area contributed by atoms with Gasteiger partial charge in [-0.15, -0.1) is 0 Å². The average Bonchev–Trinajstić information content (AvgIpc) is 3.10. The first kappa shape index (κ1) is 19.7. The van der Waals surface area contributed by atoms with Crippen molar-refractivity contribution in [2.75, 3.05) is 33.4 Å². The molecule has 0 aromatic heterocycles.